The average molecular weight is 251 g/mol. The highest BCUT2D eigenvalue weighted by molar-refractivity contribution is 6.33. The Kier molecular flexibility index (Phi) is 2.81. The van der Waals surface area contributed by atoms with Gasteiger partial charge in [0.15, 0.2) is 0 Å². The second-order valence-corrected chi connectivity index (χ2v) is 5.13. The minimum atomic E-state index is -0.0150. The molecule has 90 valence electrons. The summed E-state index contributed by atoms with van der Waals surface area (Å²) >= 11 is 6.12. The first kappa shape index (κ1) is 11.1. The monoisotopic (exact) mass is 250 g/mol. The van der Waals surface area contributed by atoms with Gasteiger partial charge in [0.2, 0.25) is 5.91 Å². The lowest BCUT2D eigenvalue weighted by atomic mass is 10.2. The zero-order valence-corrected chi connectivity index (χ0v) is 10.3. The van der Waals surface area contributed by atoms with E-state index in [0.717, 1.165) is 18.7 Å². The highest BCUT2D eigenvalue weighted by Gasteiger charge is 2.36. The molecule has 2 fully saturated rings. The van der Waals surface area contributed by atoms with Crippen molar-refractivity contribution in [3.63, 3.8) is 0 Å². The molecule has 17 heavy (non-hydrogen) atoms. The summed E-state index contributed by atoms with van der Waals surface area (Å²) in [7, 11) is 0. The van der Waals surface area contributed by atoms with E-state index in [2.05, 4.69) is 5.32 Å². The molecule has 1 saturated carbocycles. The first-order valence-corrected chi connectivity index (χ1v) is 6.45. The predicted molar refractivity (Wildman–Crippen MR) is 68.4 cm³/mol. The van der Waals surface area contributed by atoms with Crippen molar-refractivity contribution in [2.75, 3.05) is 11.4 Å². The van der Waals surface area contributed by atoms with E-state index in [1.807, 2.05) is 24.3 Å². The molecule has 3 rings (SSSR count). The van der Waals surface area contributed by atoms with Crippen LogP contribution < -0.4 is 10.2 Å². The fourth-order valence-electron chi connectivity index (χ4n) is 2.28. The minimum absolute atomic E-state index is 0.0150. The average Bonchev–Trinajstić information content (AvgIpc) is 3.07. The van der Waals surface area contributed by atoms with Crippen molar-refractivity contribution < 1.29 is 4.79 Å². The molecular formula is C13H15ClN2O. The van der Waals surface area contributed by atoms with Crippen LogP contribution in [0.15, 0.2) is 24.3 Å². The molecule has 4 heteroatoms. The van der Waals surface area contributed by atoms with E-state index in [4.69, 9.17) is 11.6 Å². The number of hydrogen-bond acceptors (Lipinski definition) is 2. The molecular weight excluding hydrogens is 236 g/mol. The maximum atomic E-state index is 12.2. The van der Waals surface area contributed by atoms with Crippen LogP contribution in [0.4, 0.5) is 5.69 Å². The number of nitrogens with zero attached hydrogens (tertiary/aromatic N) is 1. The Hall–Kier alpha value is -1.06. The van der Waals surface area contributed by atoms with Crippen LogP contribution in [0.25, 0.3) is 0 Å². The molecule has 0 aromatic heterocycles. The van der Waals surface area contributed by atoms with Gasteiger partial charge in [0.05, 0.1) is 16.8 Å². The van der Waals surface area contributed by atoms with Crippen LogP contribution in [0.5, 0.6) is 0 Å². The lowest BCUT2D eigenvalue weighted by Crippen LogP contribution is -2.39. The lowest BCUT2D eigenvalue weighted by molar-refractivity contribution is -0.118. The summed E-state index contributed by atoms with van der Waals surface area (Å²) in [5, 5.41) is 4.03. The van der Waals surface area contributed by atoms with E-state index in [0.29, 0.717) is 11.1 Å². The maximum absolute atomic E-state index is 12.2. The number of anilines is 1. The summed E-state index contributed by atoms with van der Waals surface area (Å²) in [6.45, 7) is 0.757. The van der Waals surface area contributed by atoms with Gasteiger partial charge >= 0.3 is 0 Å². The molecule has 1 N–H and O–H groups in total. The Morgan fingerprint density at radius 1 is 1.24 bits per heavy atom. The van der Waals surface area contributed by atoms with Crippen molar-refractivity contribution in [3.05, 3.63) is 29.3 Å². The van der Waals surface area contributed by atoms with Crippen LogP contribution in [0.2, 0.25) is 5.02 Å². The summed E-state index contributed by atoms with van der Waals surface area (Å²) in [4.78, 5) is 14.0. The Morgan fingerprint density at radius 2 is 2.00 bits per heavy atom. The number of rotatable bonds is 3. The van der Waals surface area contributed by atoms with Crippen molar-refractivity contribution in [2.24, 2.45) is 0 Å². The number of carbonyl (C=O) groups excluding carboxylic acids is 1. The van der Waals surface area contributed by atoms with Gasteiger partial charge in [-0.15, -0.1) is 0 Å². The first-order chi connectivity index (χ1) is 8.25. The molecule has 1 atom stereocenters. The summed E-state index contributed by atoms with van der Waals surface area (Å²) in [5.41, 5.74) is 0.833. The molecule has 0 spiro atoms. The summed E-state index contributed by atoms with van der Waals surface area (Å²) in [6, 6.07) is 8.07. The Labute approximate surface area is 106 Å². The highest BCUT2D eigenvalue weighted by Crippen LogP contribution is 2.30. The molecule has 1 aliphatic heterocycles. The van der Waals surface area contributed by atoms with E-state index < -0.39 is 0 Å². The number of amides is 1. The van der Waals surface area contributed by atoms with E-state index in [-0.39, 0.29) is 11.9 Å². The SMILES string of the molecule is O=C1C(NC2CC2)CCN1c1ccccc1Cl. The van der Waals surface area contributed by atoms with Gasteiger partial charge in [-0.1, -0.05) is 23.7 Å². The molecule has 1 heterocycles. The van der Waals surface area contributed by atoms with Gasteiger partial charge in [0.1, 0.15) is 0 Å². The predicted octanol–water partition coefficient (Wildman–Crippen LogP) is 2.20. The van der Waals surface area contributed by atoms with Gasteiger partial charge in [-0.25, -0.2) is 0 Å². The quantitative estimate of drug-likeness (QED) is 0.892. The maximum Gasteiger partial charge on any atom is 0.244 e. The number of benzene rings is 1. The summed E-state index contributed by atoms with van der Waals surface area (Å²) in [5.74, 6) is 0.157. The molecule has 2 aliphatic rings. The van der Waals surface area contributed by atoms with Crippen molar-refractivity contribution in [1.82, 2.24) is 5.32 Å². The third-order valence-corrected chi connectivity index (χ3v) is 3.68. The number of halogens is 1. The van der Waals surface area contributed by atoms with Crippen LogP contribution in [0.3, 0.4) is 0 Å². The van der Waals surface area contributed by atoms with Crippen LogP contribution in [0, 0.1) is 0 Å². The van der Waals surface area contributed by atoms with Crippen molar-refractivity contribution in [3.8, 4) is 0 Å². The van der Waals surface area contributed by atoms with Gasteiger partial charge in [-0.3, -0.25) is 4.79 Å². The van der Waals surface area contributed by atoms with Gasteiger partial charge in [-0.05, 0) is 31.4 Å². The van der Waals surface area contributed by atoms with E-state index in [1.165, 1.54) is 12.8 Å². The van der Waals surface area contributed by atoms with Gasteiger partial charge in [0, 0.05) is 12.6 Å². The van der Waals surface area contributed by atoms with E-state index >= 15 is 0 Å². The van der Waals surface area contributed by atoms with Gasteiger partial charge in [-0.2, -0.15) is 0 Å². The van der Waals surface area contributed by atoms with Crippen LogP contribution >= 0.6 is 11.6 Å². The molecule has 3 nitrogen and oxygen atoms in total. The van der Waals surface area contributed by atoms with E-state index in [1.54, 1.807) is 4.90 Å². The van der Waals surface area contributed by atoms with Crippen LogP contribution in [-0.2, 0) is 4.79 Å². The Balaban J connectivity index is 1.76. The smallest absolute Gasteiger partial charge is 0.244 e. The Morgan fingerprint density at radius 3 is 2.71 bits per heavy atom. The summed E-state index contributed by atoms with van der Waals surface area (Å²) < 4.78 is 0. The molecule has 1 unspecified atom stereocenters. The third kappa shape index (κ3) is 2.17. The zero-order valence-electron chi connectivity index (χ0n) is 9.53. The fourth-order valence-corrected chi connectivity index (χ4v) is 2.52. The van der Waals surface area contributed by atoms with Gasteiger partial charge in [0.25, 0.3) is 0 Å². The third-order valence-electron chi connectivity index (χ3n) is 3.36. The standard InChI is InChI=1S/C13H15ClN2O/c14-10-3-1-2-4-12(10)16-8-7-11(13(16)17)15-9-5-6-9/h1-4,9,11,15H,5-8H2. The molecule has 1 amide bonds. The molecule has 1 saturated heterocycles. The van der Waals surface area contributed by atoms with Crippen LogP contribution in [0.1, 0.15) is 19.3 Å². The Bertz CT molecular complexity index is 445. The molecule has 1 aliphatic carbocycles. The molecule has 1 aromatic rings. The first-order valence-electron chi connectivity index (χ1n) is 6.07. The van der Waals surface area contributed by atoms with Crippen molar-refractivity contribution >= 4 is 23.2 Å². The highest BCUT2D eigenvalue weighted by atomic mass is 35.5. The zero-order chi connectivity index (χ0) is 11.8. The molecule has 1 aromatic carbocycles. The van der Waals surface area contributed by atoms with Crippen molar-refractivity contribution in [1.29, 1.82) is 0 Å². The fraction of sp³-hybridized carbons (Fsp3) is 0.462. The minimum Gasteiger partial charge on any atom is -0.310 e. The molecule has 0 radical (unpaired) electrons. The number of carbonyl (C=O) groups is 1. The number of para-hydroxylation sites is 1. The molecule has 0 bridgehead atoms. The second kappa shape index (κ2) is 4.31. The largest absolute Gasteiger partial charge is 0.310 e. The number of hydrogen-bond donors (Lipinski definition) is 1. The topological polar surface area (TPSA) is 32.3 Å². The van der Waals surface area contributed by atoms with Crippen LogP contribution in [-0.4, -0.2) is 24.5 Å². The lowest BCUT2D eigenvalue weighted by Gasteiger charge is -2.18. The van der Waals surface area contributed by atoms with E-state index in [9.17, 15) is 4.79 Å². The normalized spacial score (nSPS) is 24.4. The number of nitrogens with one attached hydrogen (secondary N) is 1. The van der Waals surface area contributed by atoms with Gasteiger partial charge < -0.3 is 10.2 Å². The second-order valence-electron chi connectivity index (χ2n) is 4.72. The summed E-state index contributed by atoms with van der Waals surface area (Å²) in [6.07, 6.45) is 3.28. The van der Waals surface area contributed by atoms with Crippen molar-refractivity contribution in [2.45, 2.75) is 31.3 Å².